The van der Waals surface area contributed by atoms with Crippen molar-refractivity contribution in [1.82, 2.24) is 19.7 Å². The number of carboxylic acid groups (broad SMARTS) is 1. The number of pyridine rings is 1. The summed E-state index contributed by atoms with van der Waals surface area (Å²) in [6.45, 7) is 4.70. The highest BCUT2D eigenvalue weighted by molar-refractivity contribution is 6.05. The fraction of sp³-hybridized carbons (Fsp3) is 0.556. The molecule has 138 valence electrons. The van der Waals surface area contributed by atoms with Crippen molar-refractivity contribution in [3.05, 3.63) is 23.5 Å². The second kappa shape index (κ2) is 6.35. The number of carbonyl (C=O) groups is 2. The quantitative estimate of drug-likeness (QED) is 0.895. The van der Waals surface area contributed by atoms with Crippen molar-refractivity contribution >= 4 is 22.9 Å². The third-order valence-electron chi connectivity index (χ3n) is 4.93. The predicted molar refractivity (Wildman–Crippen MR) is 93.2 cm³/mol. The molecule has 2 aromatic rings. The summed E-state index contributed by atoms with van der Waals surface area (Å²) in [6.07, 6.45) is 2.87. The zero-order valence-corrected chi connectivity index (χ0v) is 14.9. The van der Waals surface area contributed by atoms with E-state index in [2.05, 4.69) is 5.10 Å². The summed E-state index contributed by atoms with van der Waals surface area (Å²) in [5.74, 6) is -0.830. The summed E-state index contributed by atoms with van der Waals surface area (Å²) in [5, 5.41) is 14.3. The van der Waals surface area contributed by atoms with Crippen LogP contribution < -0.4 is 0 Å². The van der Waals surface area contributed by atoms with Crippen LogP contribution in [0.5, 0.6) is 0 Å². The number of fused-ring (bicyclic) bond motifs is 1. The molecule has 1 amide bonds. The minimum Gasteiger partial charge on any atom is -0.479 e. The second-order valence-corrected chi connectivity index (χ2v) is 7.24. The lowest BCUT2D eigenvalue weighted by Gasteiger charge is -2.31. The van der Waals surface area contributed by atoms with Gasteiger partial charge in [-0.05, 0) is 32.8 Å². The summed E-state index contributed by atoms with van der Waals surface area (Å²) in [5.41, 5.74) is 2.19. The molecule has 0 bridgehead atoms. The molecule has 2 fully saturated rings. The fourth-order valence-corrected chi connectivity index (χ4v) is 3.33. The van der Waals surface area contributed by atoms with Gasteiger partial charge in [-0.1, -0.05) is 0 Å². The van der Waals surface area contributed by atoms with Crippen molar-refractivity contribution in [3.63, 3.8) is 0 Å². The van der Waals surface area contributed by atoms with Crippen molar-refractivity contribution in [2.24, 2.45) is 0 Å². The lowest BCUT2D eigenvalue weighted by molar-refractivity contribution is -0.154. The maximum atomic E-state index is 13.2. The van der Waals surface area contributed by atoms with Crippen molar-refractivity contribution in [2.75, 3.05) is 19.7 Å². The Morgan fingerprint density at radius 3 is 2.77 bits per heavy atom. The smallest absolute Gasteiger partial charge is 0.334 e. The fourth-order valence-electron chi connectivity index (χ4n) is 3.33. The summed E-state index contributed by atoms with van der Waals surface area (Å²) in [4.78, 5) is 30.7. The van der Waals surface area contributed by atoms with Crippen LogP contribution in [0, 0.1) is 0 Å². The molecule has 4 rings (SSSR count). The number of rotatable bonds is 4. The van der Waals surface area contributed by atoms with E-state index in [9.17, 15) is 14.7 Å². The van der Waals surface area contributed by atoms with Gasteiger partial charge in [0.2, 0.25) is 0 Å². The van der Waals surface area contributed by atoms with E-state index in [0.29, 0.717) is 23.4 Å². The van der Waals surface area contributed by atoms with Crippen LogP contribution >= 0.6 is 0 Å². The van der Waals surface area contributed by atoms with Gasteiger partial charge in [0.25, 0.3) is 5.91 Å². The van der Waals surface area contributed by atoms with E-state index in [-0.39, 0.29) is 25.1 Å². The molecule has 0 unspecified atom stereocenters. The predicted octanol–water partition coefficient (Wildman–Crippen LogP) is 1.82. The summed E-state index contributed by atoms with van der Waals surface area (Å²) >= 11 is 0. The van der Waals surface area contributed by atoms with Gasteiger partial charge in [0, 0.05) is 24.2 Å². The first kappa shape index (κ1) is 17.0. The average molecular weight is 358 g/mol. The number of ether oxygens (including phenoxy) is 1. The van der Waals surface area contributed by atoms with E-state index in [0.717, 1.165) is 24.2 Å². The van der Waals surface area contributed by atoms with E-state index in [1.807, 2.05) is 24.6 Å². The van der Waals surface area contributed by atoms with Crippen molar-refractivity contribution in [1.29, 1.82) is 0 Å². The molecule has 8 nitrogen and oxygen atoms in total. The standard InChI is InChI=1S/C18H22N4O4/c1-10(2)22-16-13(8-19-22)12(7-14(20-16)11-3-4-11)17(23)21-5-6-26-15(9-21)18(24)25/h7-8,10-11,15H,3-6,9H2,1-2H3,(H,24,25)/t15-/m0/s1. The van der Waals surface area contributed by atoms with Gasteiger partial charge in [-0.25, -0.2) is 14.5 Å². The van der Waals surface area contributed by atoms with Crippen molar-refractivity contribution in [2.45, 2.75) is 44.8 Å². The Morgan fingerprint density at radius 2 is 2.12 bits per heavy atom. The molecule has 2 aromatic heterocycles. The van der Waals surface area contributed by atoms with Crippen LogP contribution in [0.1, 0.15) is 54.7 Å². The van der Waals surface area contributed by atoms with E-state index in [4.69, 9.17) is 9.72 Å². The Hall–Kier alpha value is -2.48. The van der Waals surface area contributed by atoms with Gasteiger partial charge in [0.1, 0.15) is 0 Å². The van der Waals surface area contributed by atoms with Crippen LogP contribution in [-0.4, -0.2) is 62.4 Å². The highest BCUT2D eigenvalue weighted by Gasteiger charge is 2.32. The van der Waals surface area contributed by atoms with E-state index >= 15 is 0 Å². The number of nitrogens with zero attached hydrogens (tertiary/aromatic N) is 4. The van der Waals surface area contributed by atoms with E-state index in [1.165, 1.54) is 0 Å². The van der Waals surface area contributed by atoms with Crippen LogP contribution in [-0.2, 0) is 9.53 Å². The topological polar surface area (TPSA) is 97.6 Å². The Bertz CT molecular complexity index is 871. The SMILES string of the molecule is CC(C)n1ncc2c(C(=O)N3CCO[C@H](C(=O)O)C3)cc(C3CC3)nc21. The molecule has 2 aliphatic rings. The Kier molecular flexibility index (Phi) is 4.14. The van der Waals surface area contributed by atoms with Gasteiger partial charge in [0.05, 0.1) is 30.3 Å². The third-order valence-corrected chi connectivity index (χ3v) is 4.93. The maximum absolute atomic E-state index is 13.2. The van der Waals surface area contributed by atoms with Gasteiger partial charge in [0.15, 0.2) is 11.8 Å². The number of carboxylic acids is 1. The van der Waals surface area contributed by atoms with Crippen molar-refractivity contribution in [3.8, 4) is 0 Å². The summed E-state index contributed by atoms with van der Waals surface area (Å²) in [6, 6.07) is 2.00. The van der Waals surface area contributed by atoms with Crippen LogP contribution in [0.4, 0.5) is 0 Å². The largest absolute Gasteiger partial charge is 0.479 e. The Morgan fingerprint density at radius 1 is 1.35 bits per heavy atom. The van der Waals surface area contributed by atoms with Gasteiger partial charge in [-0.2, -0.15) is 5.10 Å². The lowest BCUT2D eigenvalue weighted by Crippen LogP contribution is -2.48. The van der Waals surface area contributed by atoms with Crippen molar-refractivity contribution < 1.29 is 19.4 Å². The zero-order chi connectivity index (χ0) is 18.4. The van der Waals surface area contributed by atoms with Crippen LogP contribution in [0.15, 0.2) is 12.3 Å². The summed E-state index contributed by atoms with van der Waals surface area (Å²) in [7, 11) is 0. The molecule has 1 aliphatic carbocycles. The molecule has 0 aromatic carbocycles. The van der Waals surface area contributed by atoms with Gasteiger partial charge in [-0.15, -0.1) is 0 Å². The molecule has 1 saturated heterocycles. The lowest BCUT2D eigenvalue weighted by atomic mass is 10.1. The monoisotopic (exact) mass is 358 g/mol. The molecule has 0 spiro atoms. The molecule has 1 N–H and O–H groups in total. The highest BCUT2D eigenvalue weighted by atomic mass is 16.5. The molecular formula is C18H22N4O4. The molecule has 26 heavy (non-hydrogen) atoms. The summed E-state index contributed by atoms with van der Waals surface area (Å²) < 4.78 is 7.06. The molecule has 8 heteroatoms. The molecule has 1 atom stereocenters. The maximum Gasteiger partial charge on any atom is 0.334 e. The highest BCUT2D eigenvalue weighted by Crippen LogP contribution is 2.40. The first-order chi connectivity index (χ1) is 12.5. The number of carbonyl (C=O) groups excluding carboxylic acids is 1. The second-order valence-electron chi connectivity index (χ2n) is 7.24. The third kappa shape index (κ3) is 2.94. The zero-order valence-electron chi connectivity index (χ0n) is 14.9. The first-order valence-electron chi connectivity index (χ1n) is 8.97. The van der Waals surface area contributed by atoms with Gasteiger partial charge >= 0.3 is 5.97 Å². The average Bonchev–Trinajstić information content (AvgIpc) is 3.39. The minimum atomic E-state index is -1.05. The number of hydrogen-bond acceptors (Lipinski definition) is 5. The van der Waals surface area contributed by atoms with Gasteiger partial charge in [-0.3, -0.25) is 4.79 Å². The molecule has 0 radical (unpaired) electrons. The number of hydrogen-bond donors (Lipinski definition) is 1. The number of aliphatic carboxylic acids is 1. The molecular weight excluding hydrogens is 336 g/mol. The van der Waals surface area contributed by atoms with E-state index in [1.54, 1.807) is 11.1 Å². The van der Waals surface area contributed by atoms with E-state index < -0.39 is 12.1 Å². The number of morpholine rings is 1. The number of aromatic nitrogens is 3. The van der Waals surface area contributed by atoms with Crippen LogP contribution in [0.25, 0.3) is 11.0 Å². The van der Waals surface area contributed by atoms with Crippen LogP contribution in [0.3, 0.4) is 0 Å². The number of amides is 1. The first-order valence-corrected chi connectivity index (χ1v) is 8.97. The minimum absolute atomic E-state index is 0.0507. The van der Waals surface area contributed by atoms with Crippen LogP contribution in [0.2, 0.25) is 0 Å². The normalized spacial score (nSPS) is 20.7. The molecule has 3 heterocycles. The Balaban J connectivity index is 1.75. The molecule has 1 aliphatic heterocycles. The van der Waals surface area contributed by atoms with Gasteiger partial charge < -0.3 is 14.7 Å². The molecule has 1 saturated carbocycles. The Labute approximate surface area is 150 Å².